The van der Waals surface area contributed by atoms with Gasteiger partial charge in [-0.3, -0.25) is 4.68 Å². The van der Waals surface area contributed by atoms with Gasteiger partial charge in [-0.1, -0.05) is 0 Å². The van der Waals surface area contributed by atoms with Gasteiger partial charge in [0.2, 0.25) is 0 Å². The molecule has 0 radical (unpaired) electrons. The Bertz CT molecular complexity index is 1500. The number of nitrogens with one attached hydrogen (secondary N) is 1. The van der Waals surface area contributed by atoms with Crippen LogP contribution in [0.4, 0.5) is 10.4 Å². The number of nitrogens with zero attached hydrogens (tertiary/aromatic N) is 7. The number of aromatic nitrogens is 6. The molecule has 10 heteroatoms. The molecular weight excluding hydrogens is 423 g/mol. The number of H-pyrrole nitrogens is 1. The van der Waals surface area contributed by atoms with E-state index < -0.39 is 0 Å². The van der Waals surface area contributed by atoms with Crippen LogP contribution in [-0.2, 0) is 0 Å². The van der Waals surface area contributed by atoms with E-state index in [1.54, 1.807) is 12.3 Å². The standard InChI is InChI=1S/C23H19FN8O/c24-16-1-2-20-18(9-16)30-23(33-20)31-8-5-14(11-31)19(3-6-25)32-12-15(10-29-32)21-17-4-7-26-22(17)28-13-27-21/h1-2,4,7,9-10,12-14,19H,3,5,8,11H2,(H,26,27,28). The van der Waals surface area contributed by atoms with Gasteiger partial charge < -0.3 is 14.3 Å². The first-order chi connectivity index (χ1) is 16.2. The molecule has 1 fully saturated rings. The van der Waals surface area contributed by atoms with Crippen LogP contribution in [0.15, 0.2) is 53.6 Å². The Hall–Kier alpha value is -4.26. The van der Waals surface area contributed by atoms with E-state index in [4.69, 9.17) is 4.42 Å². The highest BCUT2D eigenvalue weighted by molar-refractivity contribution is 5.90. The van der Waals surface area contributed by atoms with Crippen molar-refractivity contribution in [2.24, 2.45) is 5.92 Å². The van der Waals surface area contributed by atoms with Gasteiger partial charge in [-0.2, -0.15) is 15.3 Å². The minimum atomic E-state index is -0.342. The quantitative estimate of drug-likeness (QED) is 0.436. The highest BCUT2D eigenvalue weighted by atomic mass is 19.1. The zero-order valence-electron chi connectivity index (χ0n) is 17.5. The number of aromatic amines is 1. The molecule has 1 aliphatic rings. The number of halogens is 1. The second kappa shape index (κ2) is 7.70. The van der Waals surface area contributed by atoms with Crippen molar-refractivity contribution < 1.29 is 8.81 Å². The molecule has 1 N–H and O–H groups in total. The van der Waals surface area contributed by atoms with E-state index in [0.29, 0.717) is 30.1 Å². The molecule has 1 aliphatic heterocycles. The highest BCUT2D eigenvalue weighted by Crippen LogP contribution is 2.35. The number of oxazole rings is 1. The van der Waals surface area contributed by atoms with Gasteiger partial charge in [0.05, 0.1) is 30.4 Å². The van der Waals surface area contributed by atoms with Gasteiger partial charge in [-0.15, -0.1) is 0 Å². The lowest BCUT2D eigenvalue weighted by Crippen LogP contribution is -2.25. The average Bonchev–Trinajstić information content (AvgIpc) is 3.62. The molecule has 164 valence electrons. The molecule has 0 saturated carbocycles. The third kappa shape index (κ3) is 3.38. The molecule has 6 rings (SSSR count). The summed E-state index contributed by atoms with van der Waals surface area (Å²) in [4.78, 5) is 18.3. The summed E-state index contributed by atoms with van der Waals surface area (Å²) < 4.78 is 21.2. The predicted octanol–water partition coefficient (Wildman–Crippen LogP) is 4.08. The summed E-state index contributed by atoms with van der Waals surface area (Å²) in [7, 11) is 0. The Kier molecular flexibility index (Phi) is 4.54. The molecule has 0 amide bonds. The molecule has 5 heterocycles. The van der Waals surface area contributed by atoms with Gasteiger partial charge in [0, 0.05) is 48.4 Å². The van der Waals surface area contributed by atoms with Gasteiger partial charge in [0.25, 0.3) is 6.01 Å². The van der Waals surface area contributed by atoms with E-state index in [1.165, 1.54) is 18.5 Å². The Labute approximate surface area is 187 Å². The van der Waals surface area contributed by atoms with Crippen LogP contribution < -0.4 is 4.90 Å². The number of fused-ring (bicyclic) bond motifs is 2. The van der Waals surface area contributed by atoms with Crippen molar-refractivity contribution in [1.82, 2.24) is 29.7 Å². The number of rotatable bonds is 5. The van der Waals surface area contributed by atoms with Crippen LogP contribution in [-0.4, -0.2) is 42.8 Å². The Morgan fingerprint density at radius 3 is 3.15 bits per heavy atom. The number of hydrogen-bond donors (Lipinski definition) is 1. The average molecular weight is 442 g/mol. The van der Waals surface area contributed by atoms with Crippen LogP contribution in [0.25, 0.3) is 33.4 Å². The van der Waals surface area contributed by atoms with E-state index >= 15 is 0 Å². The predicted molar refractivity (Wildman–Crippen MR) is 119 cm³/mol. The molecule has 9 nitrogen and oxygen atoms in total. The van der Waals surface area contributed by atoms with Crippen LogP contribution in [0.3, 0.4) is 0 Å². The molecule has 33 heavy (non-hydrogen) atoms. The molecule has 2 atom stereocenters. The van der Waals surface area contributed by atoms with Crippen LogP contribution in [0.1, 0.15) is 18.9 Å². The van der Waals surface area contributed by atoms with Gasteiger partial charge in [0.1, 0.15) is 23.3 Å². The van der Waals surface area contributed by atoms with Crippen molar-refractivity contribution in [1.29, 1.82) is 5.26 Å². The zero-order valence-corrected chi connectivity index (χ0v) is 17.5. The van der Waals surface area contributed by atoms with Crippen molar-refractivity contribution in [2.45, 2.75) is 18.9 Å². The SMILES string of the molecule is N#CCC(C1CCN(c2nc3cc(F)ccc3o2)C1)n1cc(-c2ncnc3[nH]ccc23)cn1. The minimum absolute atomic E-state index is 0.0980. The monoisotopic (exact) mass is 442 g/mol. The van der Waals surface area contributed by atoms with Gasteiger partial charge >= 0.3 is 0 Å². The van der Waals surface area contributed by atoms with E-state index in [2.05, 4.69) is 31.1 Å². The lowest BCUT2D eigenvalue weighted by Gasteiger charge is -2.22. The Morgan fingerprint density at radius 2 is 2.24 bits per heavy atom. The van der Waals surface area contributed by atoms with E-state index in [9.17, 15) is 9.65 Å². The van der Waals surface area contributed by atoms with Crippen molar-refractivity contribution >= 4 is 28.1 Å². The maximum atomic E-state index is 13.5. The number of benzene rings is 1. The van der Waals surface area contributed by atoms with Crippen molar-refractivity contribution in [3.05, 3.63) is 55.0 Å². The zero-order chi connectivity index (χ0) is 22.4. The van der Waals surface area contributed by atoms with Crippen molar-refractivity contribution in [3.63, 3.8) is 0 Å². The van der Waals surface area contributed by atoms with Crippen molar-refractivity contribution in [3.8, 4) is 17.3 Å². The molecule has 0 bridgehead atoms. The molecule has 0 aliphatic carbocycles. The van der Waals surface area contributed by atoms with Gasteiger partial charge in [-0.25, -0.2) is 14.4 Å². The number of nitriles is 1. The second-order valence-corrected chi connectivity index (χ2v) is 8.20. The number of anilines is 1. The fourth-order valence-corrected chi connectivity index (χ4v) is 4.61. The smallest absolute Gasteiger partial charge is 0.298 e. The summed E-state index contributed by atoms with van der Waals surface area (Å²) in [5, 5.41) is 15.0. The molecule has 4 aromatic heterocycles. The Balaban J connectivity index is 1.26. The first-order valence-corrected chi connectivity index (χ1v) is 10.7. The van der Waals surface area contributed by atoms with E-state index in [-0.39, 0.29) is 17.8 Å². The summed E-state index contributed by atoms with van der Waals surface area (Å²) >= 11 is 0. The topological polar surface area (TPSA) is 112 Å². The third-order valence-electron chi connectivity index (χ3n) is 6.25. The second-order valence-electron chi connectivity index (χ2n) is 8.20. The Morgan fingerprint density at radius 1 is 1.30 bits per heavy atom. The fourth-order valence-electron chi connectivity index (χ4n) is 4.61. The maximum absolute atomic E-state index is 13.5. The number of hydrogen-bond acceptors (Lipinski definition) is 7. The molecule has 1 aromatic carbocycles. The summed E-state index contributed by atoms with van der Waals surface area (Å²) in [5.74, 6) is -0.160. The molecule has 0 spiro atoms. The molecule has 2 unspecified atom stereocenters. The minimum Gasteiger partial charge on any atom is -0.423 e. The molecule has 1 saturated heterocycles. The normalized spacial score (nSPS) is 17.1. The van der Waals surface area contributed by atoms with Crippen LogP contribution in [0.2, 0.25) is 0 Å². The fraction of sp³-hybridized carbons (Fsp3) is 0.261. The maximum Gasteiger partial charge on any atom is 0.298 e. The van der Waals surface area contributed by atoms with Crippen LogP contribution in [0, 0.1) is 23.1 Å². The molecular formula is C23H19FN8O. The van der Waals surface area contributed by atoms with Crippen molar-refractivity contribution in [2.75, 3.05) is 18.0 Å². The van der Waals surface area contributed by atoms with Crippen LogP contribution in [0.5, 0.6) is 0 Å². The van der Waals surface area contributed by atoms with Gasteiger partial charge in [0.15, 0.2) is 5.58 Å². The first kappa shape index (κ1) is 19.4. The third-order valence-corrected chi connectivity index (χ3v) is 6.25. The first-order valence-electron chi connectivity index (χ1n) is 10.7. The van der Waals surface area contributed by atoms with E-state index in [1.807, 2.05) is 28.0 Å². The lowest BCUT2D eigenvalue weighted by molar-refractivity contribution is 0.331. The largest absolute Gasteiger partial charge is 0.423 e. The highest BCUT2D eigenvalue weighted by Gasteiger charge is 2.33. The molecule has 5 aromatic rings. The summed E-state index contributed by atoms with van der Waals surface area (Å²) in [6.45, 7) is 1.41. The summed E-state index contributed by atoms with van der Waals surface area (Å²) in [5.41, 5.74) is 3.50. The van der Waals surface area contributed by atoms with Gasteiger partial charge in [-0.05, 0) is 24.6 Å². The summed E-state index contributed by atoms with van der Waals surface area (Å²) in [6.07, 6.45) is 8.29. The van der Waals surface area contributed by atoms with Crippen LogP contribution >= 0.6 is 0 Å². The lowest BCUT2D eigenvalue weighted by atomic mass is 9.96. The summed E-state index contributed by atoms with van der Waals surface area (Å²) in [6, 6.07) is 8.95. The van der Waals surface area contributed by atoms with E-state index in [0.717, 1.165) is 35.3 Å².